The second-order valence-electron chi connectivity index (χ2n) is 8.38. The van der Waals surface area contributed by atoms with E-state index in [4.69, 9.17) is 24.1 Å². The Balaban J connectivity index is 0.000000360. The van der Waals surface area contributed by atoms with E-state index in [0.717, 1.165) is 76.6 Å². The molecule has 32 heavy (non-hydrogen) atoms. The van der Waals surface area contributed by atoms with E-state index in [2.05, 4.69) is 14.9 Å². The van der Waals surface area contributed by atoms with Gasteiger partial charge in [0.1, 0.15) is 0 Å². The molecule has 0 aliphatic carbocycles. The molecule has 11 heteroatoms. The third kappa shape index (κ3) is 7.01. The Kier molecular flexibility index (Phi) is 8.66. The topological polar surface area (TPSA) is 94.0 Å². The first kappa shape index (κ1) is 24.7. The molecule has 8 nitrogen and oxygen atoms in total. The maximum atomic E-state index is 10.6. The molecule has 0 amide bonds. The number of carbonyl (C=O) groups is 1. The number of fused-ring (bicyclic) bond motifs is 1. The average molecular weight is 461 g/mol. The molecule has 1 aromatic heterocycles. The monoisotopic (exact) mass is 461 g/mol. The molecule has 0 bridgehead atoms. The van der Waals surface area contributed by atoms with Gasteiger partial charge in [0, 0.05) is 38.8 Å². The summed E-state index contributed by atoms with van der Waals surface area (Å²) < 4.78 is 49.4. The van der Waals surface area contributed by atoms with Crippen LogP contribution in [0.1, 0.15) is 37.7 Å². The summed E-state index contributed by atoms with van der Waals surface area (Å²) in [6.45, 7) is 6.34. The summed E-state index contributed by atoms with van der Waals surface area (Å²) in [7, 11) is 0. The molecular formula is C21H30F3N3O5. The molecule has 0 radical (unpaired) electrons. The van der Waals surface area contributed by atoms with E-state index in [1.165, 1.54) is 0 Å². The van der Waals surface area contributed by atoms with E-state index < -0.39 is 12.1 Å². The van der Waals surface area contributed by atoms with Crippen molar-refractivity contribution in [2.75, 3.05) is 37.9 Å². The first-order valence-electron chi connectivity index (χ1n) is 10.9. The minimum absolute atomic E-state index is 0.236. The molecule has 3 atom stereocenters. The summed E-state index contributed by atoms with van der Waals surface area (Å²) in [6, 6.07) is 0.412. The van der Waals surface area contributed by atoms with E-state index in [0.29, 0.717) is 12.0 Å². The van der Waals surface area contributed by atoms with Gasteiger partial charge < -0.3 is 24.2 Å². The second kappa shape index (κ2) is 11.2. The van der Waals surface area contributed by atoms with Crippen molar-refractivity contribution in [2.45, 2.75) is 63.5 Å². The SMILES string of the molecule is Cc1cnc(N2CC[C@@H]3O[C@@H](COCC4CCOCC4)CC[C@@H]32)nc1.O=C(O)C(F)(F)F. The number of alkyl halides is 3. The maximum absolute atomic E-state index is 10.6. The zero-order valence-electron chi connectivity index (χ0n) is 18.1. The van der Waals surface area contributed by atoms with Gasteiger partial charge in [0.2, 0.25) is 5.95 Å². The van der Waals surface area contributed by atoms with Crippen LogP contribution in [-0.4, -0.2) is 78.4 Å². The molecule has 0 saturated carbocycles. The highest BCUT2D eigenvalue weighted by Crippen LogP contribution is 2.33. The van der Waals surface area contributed by atoms with Gasteiger partial charge >= 0.3 is 12.1 Å². The van der Waals surface area contributed by atoms with Crippen molar-refractivity contribution in [3.63, 3.8) is 0 Å². The number of rotatable bonds is 5. The van der Waals surface area contributed by atoms with Crippen LogP contribution in [-0.2, 0) is 19.0 Å². The average Bonchev–Trinajstić information content (AvgIpc) is 3.18. The Labute approximate surface area is 185 Å². The number of nitrogens with zero attached hydrogens (tertiary/aromatic N) is 3. The molecule has 0 unspecified atom stereocenters. The molecule has 4 heterocycles. The fraction of sp³-hybridized carbons (Fsp3) is 0.762. The van der Waals surface area contributed by atoms with E-state index in [1.54, 1.807) is 0 Å². The van der Waals surface area contributed by atoms with Gasteiger partial charge in [0.15, 0.2) is 0 Å². The summed E-state index contributed by atoms with van der Waals surface area (Å²) in [5.74, 6) is -1.26. The summed E-state index contributed by atoms with van der Waals surface area (Å²) in [5.41, 5.74) is 1.10. The lowest BCUT2D eigenvalue weighted by Crippen LogP contribution is -2.44. The third-order valence-corrected chi connectivity index (χ3v) is 5.90. The van der Waals surface area contributed by atoms with Gasteiger partial charge in [-0.05, 0) is 50.5 Å². The van der Waals surface area contributed by atoms with Gasteiger partial charge in [0.05, 0.1) is 24.9 Å². The van der Waals surface area contributed by atoms with Crippen molar-refractivity contribution in [2.24, 2.45) is 5.92 Å². The van der Waals surface area contributed by atoms with Crippen LogP contribution in [0.3, 0.4) is 0 Å². The van der Waals surface area contributed by atoms with Crippen molar-refractivity contribution in [1.29, 1.82) is 0 Å². The number of carboxylic acids is 1. The maximum Gasteiger partial charge on any atom is 0.490 e. The number of anilines is 1. The Morgan fingerprint density at radius 2 is 1.81 bits per heavy atom. The van der Waals surface area contributed by atoms with Crippen molar-refractivity contribution >= 4 is 11.9 Å². The predicted octanol–water partition coefficient (Wildman–Crippen LogP) is 2.99. The number of hydrogen-bond acceptors (Lipinski definition) is 7. The Morgan fingerprint density at radius 1 is 1.16 bits per heavy atom. The number of aromatic nitrogens is 2. The Bertz CT molecular complexity index is 728. The molecule has 180 valence electrons. The van der Waals surface area contributed by atoms with E-state index in [1.807, 2.05) is 19.3 Å². The number of hydrogen-bond donors (Lipinski definition) is 1. The summed E-state index contributed by atoms with van der Waals surface area (Å²) in [5, 5.41) is 7.12. The highest BCUT2D eigenvalue weighted by Gasteiger charge is 2.41. The summed E-state index contributed by atoms with van der Waals surface area (Å²) >= 11 is 0. The minimum atomic E-state index is -5.08. The number of carboxylic acid groups (broad SMARTS) is 1. The molecule has 0 aromatic carbocycles. The van der Waals surface area contributed by atoms with Gasteiger partial charge in [-0.25, -0.2) is 14.8 Å². The van der Waals surface area contributed by atoms with Crippen molar-refractivity contribution in [1.82, 2.24) is 9.97 Å². The van der Waals surface area contributed by atoms with Gasteiger partial charge in [0.25, 0.3) is 0 Å². The molecule has 3 aliphatic heterocycles. The molecular weight excluding hydrogens is 431 g/mol. The first-order valence-corrected chi connectivity index (χ1v) is 10.9. The zero-order chi connectivity index (χ0) is 23.1. The lowest BCUT2D eigenvalue weighted by molar-refractivity contribution is -0.192. The number of aryl methyl sites for hydroxylation is 1. The Morgan fingerprint density at radius 3 is 2.44 bits per heavy atom. The normalized spacial score (nSPS) is 26.2. The van der Waals surface area contributed by atoms with Crippen LogP contribution in [0.15, 0.2) is 12.4 Å². The fourth-order valence-corrected chi connectivity index (χ4v) is 4.18. The van der Waals surface area contributed by atoms with Gasteiger partial charge in [-0.1, -0.05) is 0 Å². The van der Waals surface area contributed by atoms with Crippen LogP contribution in [0.2, 0.25) is 0 Å². The quantitative estimate of drug-likeness (QED) is 0.715. The fourth-order valence-electron chi connectivity index (χ4n) is 4.18. The van der Waals surface area contributed by atoms with Crippen LogP contribution in [0, 0.1) is 12.8 Å². The van der Waals surface area contributed by atoms with E-state index >= 15 is 0 Å². The molecule has 3 saturated heterocycles. The first-order chi connectivity index (χ1) is 15.2. The summed E-state index contributed by atoms with van der Waals surface area (Å²) in [6.07, 6.45) is 4.72. The second-order valence-corrected chi connectivity index (χ2v) is 8.38. The molecule has 3 fully saturated rings. The minimum Gasteiger partial charge on any atom is -0.475 e. The van der Waals surface area contributed by atoms with E-state index in [9.17, 15) is 13.2 Å². The number of halogens is 3. The highest BCUT2D eigenvalue weighted by atomic mass is 19.4. The van der Waals surface area contributed by atoms with Gasteiger partial charge in [-0.3, -0.25) is 0 Å². The Hall–Kier alpha value is -1.98. The third-order valence-electron chi connectivity index (χ3n) is 5.90. The van der Waals surface area contributed by atoms with Gasteiger partial charge in [-0.2, -0.15) is 13.2 Å². The predicted molar refractivity (Wildman–Crippen MR) is 108 cm³/mol. The lowest BCUT2D eigenvalue weighted by Gasteiger charge is -2.36. The van der Waals surface area contributed by atoms with Crippen LogP contribution in [0.4, 0.5) is 19.1 Å². The van der Waals surface area contributed by atoms with E-state index in [-0.39, 0.29) is 12.2 Å². The highest BCUT2D eigenvalue weighted by molar-refractivity contribution is 5.73. The van der Waals surface area contributed by atoms with Gasteiger partial charge in [-0.15, -0.1) is 0 Å². The zero-order valence-corrected chi connectivity index (χ0v) is 18.1. The van der Waals surface area contributed by atoms with Crippen LogP contribution < -0.4 is 4.90 Å². The summed E-state index contributed by atoms with van der Waals surface area (Å²) in [4.78, 5) is 20.2. The van der Waals surface area contributed by atoms with Crippen molar-refractivity contribution in [3.05, 3.63) is 18.0 Å². The van der Waals surface area contributed by atoms with Crippen LogP contribution >= 0.6 is 0 Å². The molecule has 3 aliphatic rings. The standard InChI is InChI=1S/C19H29N3O3.C2HF3O2/c1-14-10-20-19(21-11-14)22-7-4-18-17(22)3-2-16(25-18)13-24-12-15-5-8-23-9-6-15;3-2(4,5)1(6)7/h10-11,15-18H,2-9,12-13H2,1H3;(H,6,7)/t16-,17+,18+;/m1./s1. The van der Waals surface area contributed by atoms with Crippen molar-refractivity contribution in [3.8, 4) is 0 Å². The smallest absolute Gasteiger partial charge is 0.475 e. The molecule has 1 N–H and O–H groups in total. The van der Waals surface area contributed by atoms with Crippen LogP contribution in [0.25, 0.3) is 0 Å². The molecule has 4 rings (SSSR count). The van der Waals surface area contributed by atoms with Crippen LogP contribution in [0.5, 0.6) is 0 Å². The van der Waals surface area contributed by atoms with Crippen molar-refractivity contribution < 1.29 is 37.3 Å². The largest absolute Gasteiger partial charge is 0.490 e. The molecule has 0 spiro atoms. The number of ether oxygens (including phenoxy) is 3. The lowest BCUT2D eigenvalue weighted by atomic mass is 9.99. The number of aliphatic carboxylic acids is 1. The molecule has 1 aromatic rings.